The molecular weight excluding hydrogens is 440 g/mol. The van der Waals surface area contributed by atoms with E-state index in [0.717, 1.165) is 49.0 Å². The zero-order chi connectivity index (χ0) is 24.5. The summed E-state index contributed by atoms with van der Waals surface area (Å²) in [6, 6.07) is 14.3. The minimum Gasteiger partial charge on any atom is -0.369 e. The zero-order valence-corrected chi connectivity index (χ0v) is 20.6. The molecule has 1 N–H and O–H groups in total. The standard InChI is InChI=1S/C27H32N6O2/c1-19-7-6-10-23(20(19)2)32-15-13-31(14-16-32)12-11-28-25(34)18-33-27(35)26-22(17-29-33)21-8-4-5-9-24(21)30(26)3/h4-10,17H,11-16,18H2,1-3H3,(H,28,34). The number of fused-ring (bicyclic) bond motifs is 3. The van der Waals surface area contributed by atoms with Crippen molar-refractivity contribution in [2.75, 3.05) is 44.2 Å². The Morgan fingerprint density at radius 2 is 1.77 bits per heavy atom. The van der Waals surface area contributed by atoms with Gasteiger partial charge in [0.15, 0.2) is 0 Å². The number of amides is 1. The summed E-state index contributed by atoms with van der Waals surface area (Å²) in [7, 11) is 1.87. The minimum atomic E-state index is -0.251. The lowest BCUT2D eigenvalue weighted by Crippen LogP contribution is -2.49. The van der Waals surface area contributed by atoms with Crippen molar-refractivity contribution < 1.29 is 4.79 Å². The molecule has 1 fully saturated rings. The molecule has 1 saturated heterocycles. The van der Waals surface area contributed by atoms with E-state index in [0.29, 0.717) is 12.1 Å². The molecule has 0 saturated carbocycles. The molecule has 1 aliphatic heterocycles. The maximum atomic E-state index is 13.1. The van der Waals surface area contributed by atoms with Crippen LogP contribution in [0.1, 0.15) is 11.1 Å². The predicted octanol–water partition coefficient (Wildman–Crippen LogP) is 2.44. The number of para-hydroxylation sites is 1. The highest BCUT2D eigenvalue weighted by atomic mass is 16.2. The summed E-state index contributed by atoms with van der Waals surface area (Å²) in [5.74, 6) is -0.202. The fraction of sp³-hybridized carbons (Fsp3) is 0.370. The van der Waals surface area contributed by atoms with E-state index in [1.807, 2.05) is 35.9 Å². The Balaban J connectivity index is 1.15. The first-order valence-electron chi connectivity index (χ1n) is 12.2. The number of benzene rings is 2. The van der Waals surface area contributed by atoms with Gasteiger partial charge in [0.05, 0.1) is 6.20 Å². The van der Waals surface area contributed by atoms with Crippen molar-refractivity contribution in [1.82, 2.24) is 24.6 Å². The van der Waals surface area contributed by atoms with E-state index in [4.69, 9.17) is 0 Å². The van der Waals surface area contributed by atoms with Crippen LogP contribution in [0, 0.1) is 13.8 Å². The summed E-state index contributed by atoms with van der Waals surface area (Å²) in [6.07, 6.45) is 1.68. The lowest BCUT2D eigenvalue weighted by Gasteiger charge is -2.37. The first-order valence-corrected chi connectivity index (χ1v) is 12.2. The largest absolute Gasteiger partial charge is 0.369 e. The third kappa shape index (κ3) is 4.41. The van der Waals surface area contributed by atoms with Gasteiger partial charge in [-0.25, -0.2) is 4.68 Å². The third-order valence-electron chi connectivity index (χ3n) is 7.24. The summed E-state index contributed by atoms with van der Waals surface area (Å²) < 4.78 is 3.13. The number of carbonyl (C=O) groups is 1. The lowest BCUT2D eigenvalue weighted by molar-refractivity contribution is -0.121. The average Bonchev–Trinajstić information content (AvgIpc) is 3.16. The second-order valence-corrected chi connectivity index (χ2v) is 9.34. The van der Waals surface area contributed by atoms with E-state index in [-0.39, 0.29) is 18.0 Å². The molecule has 5 rings (SSSR count). The third-order valence-corrected chi connectivity index (χ3v) is 7.24. The molecule has 8 nitrogen and oxygen atoms in total. The van der Waals surface area contributed by atoms with Gasteiger partial charge in [0.2, 0.25) is 5.91 Å². The maximum Gasteiger partial charge on any atom is 0.291 e. The van der Waals surface area contributed by atoms with E-state index >= 15 is 0 Å². The number of anilines is 1. The van der Waals surface area contributed by atoms with Gasteiger partial charge in [-0.3, -0.25) is 14.5 Å². The molecule has 0 aliphatic carbocycles. The van der Waals surface area contributed by atoms with E-state index in [2.05, 4.69) is 52.3 Å². The molecule has 1 aliphatic rings. The lowest BCUT2D eigenvalue weighted by atomic mass is 10.1. The van der Waals surface area contributed by atoms with Crippen LogP contribution < -0.4 is 15.8 Å². The SMILES string of the molecule is Cc1cccc(N2CCN(CCNC(=O)Cn3ncc4c5ccccc5n(C)c4c3=O)CC2)c1C. The van der Waals surface area contributed by atoms with Crippen LogP contribution in [0.25, 0.3) is 21.8 Å². The molecule has 1 amide bonds. The van der Waals surface area contributed by atoms with Gasteiger partial charge >= 0.3 is 0 Å². The quantitative estimate of drug-likeness (QED) is 0.467. The summed E-state index contributed by atoms with van der Waals surface area (Å²) in [5.41, 5.74) is 5.27. The van der Waals surface area contributed by atoms with Crippen molar-refractivity contribution in [3.8, 4) is 0 Å². The van der Waals surface area contributed by atoms with Crippen molar-refractivity contribution in [1.29, 1.82) is 0 Å². The highest BCUT2D eigenvalue weighted by Crippen LogP contribution is 2.25. The van der Waals surface area contributed by atoms with Crippen LogP contribution in [0.4, 0.5) is 5.69 Å². The molecule has 2 aromatic heterocycles. The van der Waals surface area contributed by atoms with Gasteiger partial charge in [-0.05, 0) is 37.1 Å². The first kappa shape index (κ1) is 23.1. The van der Waals surface area contributed by atoms with E-state index in [1.54, 1.807) is 6.20 Å². The zero-order valence-electron chi connectivity index (χ0n) is 20.6. The molecular formula is C27H32N6O2. The average molecular weight is 473 g/mol. The number of rotatable bonds is 6. The number of aryl methyl sites for hydroxylation is 2. The maximum absolute atomic E-state index is 13.1. The predicted molar refractivity (Wildman–Crippen MR) is 140 cm³/mol. The van der Waals surface area contributed by atoms with Crippen molar-refractivity contribution in [3.63, 3.8) is 0 Å². The Kier molecular flexibility index (Phi) is 6.30. The van der Waals surface area contributed by atoms with Crippen LogP contribution >= 0.6 is 0 Å². The van der Waals surface area contributed by atoms with Gasteiger partial charge in [0.1, 0.15) is 12.1 Å². The van der Waals surface area contributed by atoms with E-state index < -0.39 is 0 Å². The van der Waals surface area contributed by atoms with E-state index in [1.165, 1.54) is 21.5 Å². The van der Waals surface area contributed by atoms with Gasteiger partial charge in [0, 0.05) is 68.3 Å². The van der Waals surface area contributed by atoms with Crippen LogP contribution in [0.2, 0.25) is 0 Å². The highest BCUT2D eigenvalue weighted by Gasteiger charge is 2.19. The number of piperazine rings is 1. The van der Waals surface area contributed by atoms with E-state index in [9.17, 15) is 9.59 Å². The fourth-order valence-electron chi connectivity index (χ4n) is 5.06. The number of hydrogen-bond donors (Lipinski definition) is 1. The molecule has 3 heterocycles. The number of carbonyl (C=O) groups excluding carboxylic acids is 1. The molecule has 35 heavy (non-hydrogen) atoms. The van der Waals surface area contributed by atoms with Crippen molar-refractivity contribution in [3.05, 3.63) is 70.1 Å². The van der Waals surface area contributed by atoms with Crippen molar-refractivity contribution >= 4 is 33.4 Å². The summed E-state index contributed by atoms with van der Waals surface area (Å²) >= 11 is 0. The molecule has 0 atom stereocenters. The molecule has 0 bridgehead atoms. The van der Waals surface area contributed by atoms with Crippen LogP contribution in [-0.2, 0) is 18.4 Å². The van der Waals surface area contributed by atoms with Crippen molar-refractivity contribution in [2.45, 2.75) is 20.4 Å². The normalized spacial score (nSPS) is 14.7. The van der Waals surface area contributed by atoms with Crippen LogP contribution in [-0.4, -0.2) is 64.4 Å². The number of hydrogen-bond acceptors (Lipinski definition) is 5. The second kappa shape index (κ2) is 9.54. The number of aromatic nitrogens is 3. The van der Waals surface area contributed by atoms with Gasteiger partial charge in [-0.15, -0.1) is 0 Å². The van der Waals surface area contributed by atoms with Crippen LogP contribution in [0.3, 0.4) is 0 Å². The smallest absolute Gasteiger partial charge is 0.291 e. The molecule has 0 radical (unpaired) electrons. The Hall–Kier alpha value is -3.65. The molecule has 0 unspecified atom stereocenters. The summed E-state index contributed by atoms with van der Waals surface area (Å²) in [5, 5.41) is 9.03. The van der Waals surface area contributed by atoms with Crippen LogP contribution in [0.5, 0.6) is 0 Å². The number of nitrogens with zero attached hydrogens (tertiary/aromatic N) is 5. The molecule has 8 heteroatoms. The Morgan fingerprint density at radius 3 is 2.57 bits per heavy atom. The Bertz CT molecular complexity index is 1450. The van der Waals surface area contributed by atoms with Gasteiger partial charge < -0.3 is 14.8 Å². The minimum absolute atomic E-state index is 0.0866. The monoisotopic (exact) mass is 472 g/mol. The molecule has 182 valence electrons. The van der Waals surface area contributed by atoms with Crippen LogP contribution in [0.15, 0.2) is 53.5 Å². The molecule has 0 spiro atoms. The number of nitrogens with one attached hydrogen (secondary N) is 1. The highest BCUT2D eigenvalue weighted by molar-refractivity contribution is 6.07. The Labute approximate surface area is 204 Å². The molecule has 4 aromatic rings. The van der Waals surface area contributed by atoms with Gasteiger partial charge in [0.25, 0.3) is 5.56 Å². The van der Waals surface area contributed by atoms with Gasteiger partial charge in [-0.2, -0.15) is 5.10 Å². The fourth-order valence-corrected chi connectivity index (χ4v) is 5.06. The summed E-state index contributed by atoms with van der Waals surface area (Å²) in [6.45, 7) is 9.46. The Morgan fingerprint density at radius 1 is 1.00 bits per heavy atom. The summed E-state index contributed by atoms with van der Waals surface area (Å²) in [4.78, 5) is 30.4. The molecule has 2 aromatic carbocycles. The van der Waals surface area contributed by atoms with Gasteiger partial charge in [-0.1, -0.05) is 30.3 Å². The second-order valence-electron chi connectivity index (χ2n) is 9.34. The van der Waals surface area contributed by atoms with Crippen molar-refractivity contribution in [2.24, 2.45) is 7.05 Å². The first-order chi connectivity index (χ1) is 16.9. The topological polar surface area (TPSA) is 75.4 Å².